The Balaban J connectivity index is 1.81. The molecule has 0 saturated heterocycles. The highest BCUT2D eigenvalue weighted by Crippen LogP contribution is 2.15. The molecule has 2 aromatic heterocycles. The molecule has 0 N–H and O–H groups in total. The highest BCUT2D eigenvalue weighted by molar-refractivity contribution is 5.79. The minimum absolute atomic E-state index is 0.692. The Morgan fingerprint density at radius 1 is 1.24 bits per heavy atom. The molecule has 4 heteroatoms. The lowest BCUT2D eigenvalue weighted by molar-refractivity contribution is 0.369. The lowest BCUT2D eigenvalue weighted by Gasteiger charge is -2.02. The van der Waals surface area contributed by atoms with Crippen LogP contribution in [0.1, 0.15) is 11.7 Å². The Hall–Kier alpha value is -2.10. The average molecular weight is 227 g/mol. The summed E-state index contributed by atoms with van der Waals surface area (Å²) >= 11 is 0. The van der Waals surface area contributed by atoms with Gasteiger partial charge in [-0.2, -0.15) is 4.98 Å². The predicted molar refractivity (Wildman–Crippen MR) is 64.7 cm³/mol. The number of hydrogen-bond acceptors (Lipinski definition) is 3. The Labute approximate surface area is 98.9 Å². The van der Waals surface area contributed by atoms with Crippen molar-refractivity contribution < 1.29 is 4.52 Å². The van der Waals surface area contributed by atoms with Gasteiger partial charge in [-0.05, 0) is 24.4 Å². The van der Waals surface area contributed by atoms with E-state index in [1.54, 1.807) is 0 Å². The zero-order valence-electron chi connectivity index (χ0n) is 9.63. The molecule has 0 aliphatic carbocycles. The van der Waals surface area contributed by atoms with E-state index in [0.717, 1.165) is 13.0 Å². The summed E-state index contributed by atoms with van der Waals surface area (Å²) in [4.78, 5) is 4.20. The van der Waals surface area contributed by atoms with E-state index in [-0.39, 0.29) is 0 Å². The van der Waals surface area contributed by atoms with Crippen LogP contribution < -0.4 is 0 Å². The van der Waals surface area contributed by atoms with Crippen LogP contribution in [0, 0.1) is 6.92 Å². The van der Waals surface area contributed by atoms with Gasteiger partial charge in [-0.1, -0.05) is 23.4 Å². The zero-order valence-corrected chi connectivity index (χ0v) is 9.63. The monoisotopic (exact) mass is 227 g/mol. The van der Waals surface area contributed by atoms with Crippen molar-refractivity contribution in [2.24, 2.45) is 0 Å². The van der Waals surface area contributed by atoms with Crippen molar-refractivity contribution in [3.05, 3.63) is 48.2 Å². The van der Waals surface area contributed by atoms with E-state index in [4.69, 9.17) is 4.52 Å². The average Bonchev–Trinajstić information content (AvgIpc) is 2.93. The second kappa shape index (κ2) is 4.05. The summed E-state index contributed by atoms with van der Waals surface area (Å²) in [5.41, 5.74) is 1.24. The highest BCUT2D eigenvalue weighted by atomic mass is 16.5. The maximum Gasteiger partial charge on any atom is 0.228 e. The fourth-order valence-corrected chi connectivity index (χ4v) is 1.99. The van der Waals surface area contributed by atoms with Gasteiger partial charge in [0.25, 0.3) is 0 Å². The van der Waals surface area contributed by atoms with Crippen molar-refractivity contribution in [3.8, 4) is 0 Å². The summed E-state index contributed by atoms with van der Waals surface area (Å²) in [5.74, 6) is 1.39. The van der Waals surface area contributed by atoms with Crippen LogP contribution in [0.3, 0.4) is 0 Å². The van der Waals surface area contributed by atoms with Gasteiger partial charge in [0.15, 0.2) is 5.82 Å². The third-order valence-corrected chi connectivity index (χ3v) is 2.82. The first-order chi connectivity index (χ1) is 8.33. The number of benzene rings is 1. The fraction of sp³-hybridized carbons (Fsp3) is 0.231. The third kappa shape index (κ3) is 1.93. The second-order valence-electron chi connectivity index (χ2n) is 4.05. The van der Waals surface area contributed by atoms with Crippen molar-refractivity contribution in [1.82, 2.24) is 14.7 Å². The molecule has 0 spiro atoms. The summed E-state index contributed by atoms with van der Waals surface area (Å²) in [6.45, 7) is 2.69. The van der Waals surface area contributed by atoms with E-state index in [1.807, 2.05) is 13.0 Å². The molecule has 0 saturated carbocycles. The first-order valence-corrected chi connectivity index (χ1v) is 5.66. The van der Waals surface area contributed by atoms with E-state index in [0.29, 0.717) is 11.7 Å². The summed E-state index contributed by atoms with van der Waals surface area (Å²) in [6, 6.07) is 10.5. The van der Waals surface area contributed by atoms with Gasteiger partial charge in [0.2, 0.25) is 5.89 Å². The van der Waals surface area contributed by atoms with Gasteiger partial charge in [-0.3, -0.25) is 0 Å². The normalized spacial score (nSPS) is 11.1. The van der Waals surface area contributed by atoms with Crippen molar-refractivity contribution in [2.75, 3.05) is 0 Å². The molecule has 17 heavy (non-hydrogen) atoms. The van der Waals surface area contributed by atoms with Crippen LogP contribution in [0.15, 0.2) is 41.1 Å². The van der Waals surface area contributed by atoms with Gasteiger partial charge >= 0.3 is 0 Å². The van der Waals surface area contributed by atoms with Gasteiger partial charge in [0.1, 0.15) is 0 Å². The van der Waals surface area contributed by atoms with Crippen LogP contribution in [0.5, 0.6) is 0 Å². The molecular formula is C13H13N3O. The van der Waals surface area contributed by atoms with Crippen LogP contribution in [0.25, 0.3) is 10.9 Å². The molecule has 3 rings (SSSR count). The van der Waals surface area contributed by atoms with Crippen LogP contribution in [-0.2, 0) is 13.0 Å². The van der Waals surface area contributed by atoms with Crippen molar-refractivity contribution in [2.45, 2.75) is 19.9 Å². The standard InChI is InChI=1S/C13H13N3O/c1-10-14-13(17-15-10)7-9-16-8-6-11-4-2-3-5-12(11)16/h2-6,8H,7,9H2,1H3. The van der Waals surface area contributed by atoms with Crippen LogP contribution in [-0.4, -0.2) is 14.7 Å². The maximum atomic E-state index is 5.10. The quantitative estimate of drug-likeness (QED) is 0.690. The minimum atomic E-state index is 0.692. The molecule has 1 aromatic carbocycles. The lowest BCUT2D eigenvalue weighted by atomic mass is 10.2. The Morgan fingerprint density at radius 2 is 2.12 bits per heavy atom. The molecule has 0 aliphatic rings. The van der Waals surface area contributed by atoms with Gasteiger partial charge in [0, 0.05) is 24.7 Å². The number of hydrogen-bond donors (Lipinski definition) is 0. The second-order valence-corrected chi connectivity index (χ2v) is 4.05. The Bertz CT molecular complexity index is 639. The van der Waals surface area contributed by atoms with E-state index in [9.17, 15) is 0 Å². The smallest absolute Gasteiger partial charge is 0.228 e. The van der Waals surface area contributed by atoms with Crippen molar-refractivity contribution in [3.63, 3.8) is 0 Å². The summed E-state index contributed by atoms with van der Waals surface area (Å²) in [7, 11) is 0. The number of rotatable bonds is 3. The van der Waals surface area contributed by atoms with Crippen molar-refractivity contribution in [1.29, 1.82) is 0 Å². The summed E-state index contributed by atoms with van der Waals surface area (Å²) in [6.07, 6.45) is 2.85. The first-order valence-electron chi connectivity index (χ1n) is 5.66. The van der Waals surface area contributed by atoms with Gasteiger partial charge in [-0.15, -0.1) is 0 Å². The van der Waals surface area contributed by atoms with Crippen molar-refractivity contribution >= 4 is 10.9 Å². The van der Waals surface area contributed by atoms with E-state index < -0.39 is 0 Å². The molecule has 0 atom stereocenters. The molecule has 4 nitrogen and oxygen atoms in total. The molecule has 0 bridgehead atoms. The number of para-hydroxylation sites is 1. The van der Waals surface area contributed by atoms with Crippen LogP contribution in [0.4, 0.5) is 0 Å². The SMILES string of the molecule is Cc1noc(CCn2ccc3ccccc32)n1. The Morgan fingerprint density at radius 3 is 2.94 bits per heavy atom. The van der Waals surface area contributed by atoms with Crippen LogP contribution >= 0.6 is 0 Å². The minimum Gasteiger partial charge on any atom is -0.347 e. The number of aromatic nitrogens is 3. The number of fused-ring (bicyclic) bond motifs is 1. The molecule has 0 fully saturated rings. The molecule has 0 amide bonds. The highest BCUT2D eigenvalue weighted by Gasteiger charge is 2.04. The molecule has 0 aliphatic heterocycles. The van der Waals surface area contributed by atoms with E-state index in [2.05, 4.69) is 45.2 Å². The number of aryl methyl sites for hydroxylation is 3. The molecule has 86 valence electrons. The molecule has 3 aromatic rings. The van der Waals surface area contributed by atoms with Gasteiger partial charge < -0.3 is 9.09 Å². The molecule has 0 radical (unpaired) electrons. The largest absolute Gasteiger partial charge is 0.347 e. The zero-order chi connectivity index (χ0) is 11.7. The van der Waals surface area contributed by atoms with E-state index >= 15 is 0 Å². The first kappa shape index (κ1) is 10.1. The lowest BCUT2D eigenvalue weighted by Crippen LogP contribution is -1.99. The molecular weight excluding hydrogens is 214 g/mol. The maximum absolute atomic E-state index is 5.10. The molecule has 2 heterocycles. The molecule has 0 unspecified atom stereocenters. The van der Waals surface area contributed by atoms with Crippen LogP contribution in [0.2, 0.25) is 0 Å². The van der Waals surface area contributed by atoms with E-state index in [1.165, 1.54) is 10.9 Å². The number of nitrogens with zero attached hydrogens (tertiary/aromatic N) is 3. The predicted octanol–water partition coefficient (Wildman–Crippen LogP) is 2.58. The topological polar surface area (TPSA) is 43.9 Å². The van der Waals surface area contributed by atoms with Gasteiger partial charge in [-0.25, -0.2) is 0 Å². The summed E-state index contributed by atoms with van der Waals surface area (Å²) in [5, 5.41) is 5.04. The Kier molecular flexibility index (Phi) is 2.40. The fourth-order valence-electron chi connectivity index (χ4n) is 1.99. The van der Waals surface area contributed by atoms with Gasteiger partial charge in [0.05, 0.1) is 0 Å². The third-order valence-electron chi connectivity index (χ3n) is 2.82. The summed E-state index contributed by atoms with van der Waals surface area (Å²) < 4.78 is 7.30.